The lowest BCUT2D eigenvalue weighted by Crippen LogP contribution is -3.09. The number of nitrogens with zero attached hydrogens (tertiary/aromatic N) is 5. The third kappa shape index (κ3) is 80.1. The van der Waals surface area contributed by atoms with Gasteiger partial charge in [0.2, 0.25) is 25.4 Å². The summed E-state index contributed by atoms with van der Waals surface area (Å²) in [6, 6.07) is 0. The third-order valence-corrected chi connectivity index (χ3v) is 29.1. The number of hydrogen-bond donors (Lipinski definition) is 25. The van der Waals surface area contributed by atoms with Crippen molar-refractivity contribution >= 4 is 114 Å². The third-order valence-electron chi connectivity index (χ3n) is 12.6. The molecule has 107 heavy (non-hydrogen) atoms. The van der Waals surface area contributed by atoms with Gasteiger partial charge in [0, 0.05) is 81.4 Å². The van der Waals surface area contributed by atoms with Gasteiger partial charge in [-0.25, -0.2) is 26.3 Å². The standard InChI is InChI=1S/C10H26N2O7P2.2C9H24N2O7P2.2C6H15BrN.2C3H11NO7P2.4BrH/c1-11(7-5-9-12(2,3)4)8-6-10(13,20-19-18-14)21(15,16)17;2*1-11(2,3)8-4-6-10-7-5-9(12,19-18-17-13)20(14,15)16;2*1-8(2,3)6-4-5-7;2*4-2-1-3(5,12-11-10-6)13(7,8)9;;;;/h13,20H,5-9H2,1-4H3,(H2-,14,15,16,17);2*10,12,19H,4-8H2,1-3H3,(H2-,13,14,15,16);2*4-6H2,1-3H3;2*5-6,12H,1-2,4H2,(H2,7,8,9);4*1H/q;;;2*+1;;;;;;/p+1. The molecule has 11 unspecified atom stereocenters. The number of aliphatic hydroxyl groups is 5. The van der Waals surface area contributed by atoms with Crippen molar-refractivity contribution in [3.8, 4) is 0 Å². The van der Waals surface area contributed by atoms with E-state index in [1.54, 1.807) is 0 Å². The zero-order valence-corrected chi connectivity index (χ0v) is 82.2. The molecule has 0 rings (SSSR count). The van der Waals surface area contributed by atoms with Crippen LogP contribution in [0, 0.1) is 0 Å². The minimum absolute atomic E-state index is 0. The van der Waals surface area contributed by atoms with Crippen LogP contribution in [0.15, 0.2) is 0 Å². The van der Waals surface area contributed by atoms with Crippen LogP contribution in [0.5, 0.6) is 0 Å². The van der Waals surface area contributed by atoms with Gasteiger partial charge in [-0.1, -0.05) is 57.1 Å². The number of halogens is 6. The Hall–Kier alpha value is 4.58. The lowest BCUT2D eigenvalue weighted by Gasteiger charge is -2.28. The Labute approximate surface area is 696 Å². The van der Waals surface area contributed by atoms with Crippen molar-refractivity contribution in [2.24, 2.45) is 11.5 Å². The van der Waals surface area contributed by atoms with Crippen LogP contribution in [0.25, 0.3) is 0 Å². The minimum atomic E-state index is -4.79. The van der Waals surface area contributed by atoms with E-state index in [1.807, 2.05) is 12.4 Å². The molecule has 0 spiro atoms. The van der Waals surface area contributed by atoms with Crippen molar-refractivity contribution in [3.05, 3.63) is 0 Å². The van der Waals surface area contributed by atoms with E-state index in [-0.39, 0.29) is 120 Å². The van der Waals surface area contributed by atoms with Crippen molar-refractivity contribution < 1.29 is 273 Å². The summed E-state index contributed by atoms with van der Waals surface area (Å²) < 4.78 is 79.9. The summed E-state index contributed by atoms with van der Waals surface area (Å²) in [5, 5.41) is 99.6. The molecule has 664 valence electrons. The largest absolute Gasteiger partial charge is 1.00 e. The molecule has 0 aliphatic carbocycles. The Morgan fingerprint density at radius 2 is 0.617 bits per heavy atom. The van der Waals surface area contributed by atoms with Crippen LogP contribution in [0.3, 0.4) is 0 Å². The minimum Gasteiger partial charge on any atom is -1.00 e. The number of hydrogen-bond acceptors (Lipinski definition) is 28. The van der Waals surface area contributed by atoms with E-state index >= 15 is 0 Å². The van der Waals surface area contributed by atoms with E-state index in [4.69, 9.17) is 76.9 Å². The van der Waals surface area contributed by atoms with E-state index < -0.39 is 107 Å². The van der Waals surface area contributed by atoms with Crippen molar-refractivity contribution in [2.75, 3.05) is 209 Å². The normalized spacial score (nSPS) is 16.0. The average molecular weight is 2170 g/mol. The molecule has 11 atom stereocenters. The molecule has 0 heterocycles. The smallest absolute Gasteiger partial charge is 0.363 e. The SMILES string of the molecule is C[N+](C)(C)CCCBr.C[N+](C)(C)CCCBr.C[N+](C)(C)CCCNCCC(O)(POOO)P(=O)(O)O.C[N+](C)(C)CCC[NH2+]CCC(O)(POOO)P(=O)(O)O.C[NH+](CCC[N+](C)(C)C)CCC(O)(POOO)P(=O)(O)O.NCCC(O)(POOO)P(=O)(O)O.NCCC(O)(POOO)P(=O)(O)O.[Br-].[Br-].[Br-].[Br-]. The van der Waals surface area contributed by atoms with Gasteiger partial charge in [0.25, 0.3) is 0 Å². The van der Waals surface area contributed by atoms with Gasteiger partial charge in [-0.2, -0.15) is 23.4 Å². The number of rotatable bonds is 51. The maximum absolute atomic E-state index is 11.3. The molecule has 0 saturated heterocycles. The molecule has 0 radical (unpaired) electrons. The maximum atomic E-state index is 11.3. The molecule has 0 aliphatic rings. The van der Waals surface area contributed by atoms with Crippen molar-refractivity contribution in [1.29, 1.82) is 0 Å². The first kappa shape index (κ1) is 135. The second-order valence-electron chi connectivity index (χ2n) is 27.7. The first-order valence-electron chi connectivity index (χ1n) is 30.8. The van der Waals surface area contributed by atoms with Crippen molar-refractivity contribution in [3.63, 3.8) is 0 Å². The molecule has 28 N–H and O–H groups in total. The van der Waals surface area contributed by atoms with Crippen LogP contribution in [-0.2, 0) is 71.4 Å². The second-order valence-corrected chi connectivity index (χ2v) is 46.5. The first-order valence-corrected chi connectivity index (χ1v) is 45.7. The summed E-state index contributed by atoms with van der Waals surface area (Å²) in [5.41, 5.74) is 10.1. The molecule has 0 saturated carbocycles. The maximum Gasteiger partial charge on any atom is 0.363 e. The molecule has 0 aliphatic heterocycles. The Kier molecular flexibility index (Phi) is 85.9. The fraction of sp³-hybridized carbons (Fsp3) is 1.00. The summed E-state index contributed by atoms with van der Waals surface area (Å²) in [7, 11) is 4.52. The molecule has 0 fully saturated rings. The van der Waals surface area contributed by atoms with E-state index in [0.29, 0.717) is 19.6 Å². The number of nitrogens with two attached hydrogens (primary N) is 3. The summed E-state index contributed by atoms with van der Waals surface area (Å²) >= 11 is 6.78. The highest BCUT2D eigenvalue weighted by Gasteiger charge is 2.50. The molecule has 0 amide bonds. The monoisotopic (exact) mass is 2170 g/mol. The molecule has 0 aromatic rings. The predicted molar refractivity (Wildman–Crippen MR) is 398 cm³/mol. The highest BCUT2D eigenvalue weighted by molar-refractivity contribution is 9.09. The van der Waals surface area contributed by atoms with Crippen LogP contribution in [0.4, 0.5) is 0 Å². The molecule has 0 bridgehead atoms. The van der Waals surface area contributed by atoms with Crippen molar-refractivity contribution in [1.82, 2.24) is 5.32 Å². The molecular weight excluding hydrogens is 2040 g/mol. The highest BCUT2D eigenvalue weighted by Crippen LogP contribution is 2.63. The van der Waals surface area contributed by atoms with Gasteiger partial charge in [0.15, 0.2) is 0 Å². The Bertz CT molecular complexity index is 2230. The average Bonchev–Trinajstić information content (AvgIpc) is 0.856. The highest BCUT2D eigenvalue weighted by atomic mass is 79.9. The lowest BCUT2D eigenvalue weighted by atomic mass is 10.3. The van der Waals surface area contributed by atoms with Gasteiger partial charge < -0.3 is 192 Å². The van der Waals surface area contributed by atoms with E-state index in [1.165, 1.54) is 25.9 Å². The zero-order chi connectivity index (χ0) is 82.8. The summed E-state index contributed by atoms with van der Waals surface area (Å²) in [4.78, 5) is 90.6. The lowest BCUT2D eigenvalue weighted by molar-refractivity contribution is -0.895. The van der Waals surface area contributed by atoms with Gasteiger partial charge in [-0.05, 0) is 19.6 Å². The molecular formula is C46H131Br6N10O35P10+3. The number of nitrogens with one attached hydrogen (secondary N) is 2. The Morgan fingerprint density at radius 1 is 0.374 bits per heavy atom. The number of alkyl halides is 2. The van der Waals surface area contributed by atoms with Crippen LogP contribution in [0.1, 0.15) is 64.2 Å². The van der Waals surface area contributed by atoms with E-state index in [2.05, 4.69) is 191 Å². The Balaban J connectivity index is -0.000000114. The number of quaternary nitrogens is 7. The fourth-order valence-corrected chi connectivity index (χ4v) is 14.3. The van der Waals surface area contributed by atoms with Gasteiger partial charge in [0.1, 0.15) is 44.0 Å². The predicted octanol–water partition coefficient (Wildman–Crippen LogP) is -13.1. The van der Waals surface area contributed by atoms with Crippen LogP contribution in [0.2, 0.25) is 0 Å². The van der Waals surface area contributed by atoms with Gasteiger partial charge in [-0.3, -0.25) is 22.8 Å². The second kappa shape index (κ2) is 68.2. The zero-order valence-electron chi connectivity index (χ0n) is 63.2. The van der Waals surface area contributed by atoms with E-state index in [9.17, 15) is 58.1 Å². The van der Waals surface area contributed by atoms with Gasteiger partial charge in [-0.15, -0.1) is 0 Å². The topological polar surface area (TPSA) is 667 Å². The van der Waals surface area contributed by atoms with Crippen LogP contribution in [-0.4, -0.2) is 357 Å². The van der Waals surface area contributed by atoms with Gasteiger partial charge >= 0.3 is 38.0 Å². The quantitative estimate of drug-likeness (QED) is 0.00671. The van der Waals surface area contributed by atoms with Crippen LogP contribution >= 0.6 is 114 Å². The molecule has 61 heteroatoms. The van der Waals surface area contributed by atoms with Crippen LogP contribution < -0.4 is 94.9 Å². The summed E-state index contributed by atoms with van der Waals surface area (Å²) in [6.07, 6.45) is 4.09. The Morgan fingerprint density at radius 3 is 0.860 bits per heavy atom. The molecule has 0 aromatic heterocycles. The molecule has 45 nitrogen and oxygen atoms in total. The summed E-state index contributed by atoms with van der Waals surface area (Å²) in [6.45, 7) is 8.38. The molecule has 0 aromatic carbocycles. The van der Waals surface area contributed by atoms with Crippen molar-refractivity contribution in [2.45, 2.75) is 89.6 Å². The fourth-order valence-electron chi connectivity index (χ4n) is 6.77. The first-order chi connectivity index (χ1) is 46.3. The van der Waals surface area contributed by atoms with E-state index in [0.717, 1.165) is 90.0 Å². The van der Waals surface area contributed by atoms with Gasteiger partial charge in [0.05, 0.1) is 172 Å². The summed E-state index contributed by atoms with van der Waals surface area (Å²) in [5.74, 6) is 0.